The van der Waals surface area contributed by atoms with Gasteiger partial charge in [0.05, 0.1) is 10.6 Å². The molecule has 0 aliphatic heterocycles. The fourth-order valence-corrected chi connectivity index (χ4v) is 0.720. The molecule has 0 fully saturated rings. The van der Waals surface area contributed by atoms with E-state index in [9.17, 15) is 10.1 Å². The Kier molecular flexibility index (Phi) is 3.95. The van der Waals surface area contributed by atoms with Crippen molar-refractivity contribution in [3.63, 3.8) is 0 Å². The third-order valence-electron chi connectivity index (χ3n) is 1.22. The van der Waals surface area contributed by atoms with E-state index in [2.05, 4.69) is 11.9 Å². The fourth-order valence-electron chi connectivity index (χ4n) is 0.720. The zero-order valence-electron chi connectivity index (χ0n) is 6.76. The Hall–Kier alpha value is -1.32. The Morgan fingerprint density at radius 1 is 1.82 bits per heavy atom. The first kappa shape index (κ1) is 9.68. The largest absolute Gasteiger partial charge is 0.383 e. The van der Waals surface area contributed by atoms with Crippen LogP contribution in [0.3, 0.4) is 0 Å². The van der Waals surface area contributed by atoms with Crippen LogP contribution in [0.2, 0.25) is 0 Å². The Balaban J connectivity index is 4.53. The lowest BCUT2D eigenvalue weighted by Crippen LogP contribution is -2.14. The summed E-state index contributed by atoms with van der Waals surface area (Å²) in [7, 11) is 0. The molecule has 0 radical (unpaired) electrons. The van der Waals surface area contributed by atoms with Crippen LogP contribution in [-0.2, 0) is 0 Å². The highest BCUT2D eigenvalue weighted by molar-refractivity contribution is 5.13. The summed E-state index contributed by atoms with van der Waals surface area (Å²) < 4.78 is 0. The van der Waals surface area contributed by atoms with Crippen LogP contribution in [0.4, 0.5) is 0 Å². The molecular weight excluding hydrogens is 144 g/mol. The second-order valence-electron chi connectivity index (χ2n) is 2.00. The highest BCUT2D eigenvalue weighted by Gasteiger charge is 2.08. The zero-order chi connectivity index (χ0) is 8.85. The standard InChI is InChI=1S/C7H12N2O2/c1-4-7(9(10)11)6(3)8-5-2/h4,8H,1,5H2,2-3H3/b7-6-. The van der Waals surface area contributed by atoms with Crippen LogP contribution in [0.1, 0.15) is 13.8 Å². The van der Waals surface area contributed by atoms with Crippen molar-refractivity contribution < 1.29 is 4.92 Å². The second-order valence-corrected chi connectivity index (χ2v) is 2.00. The molecule has 0 rings (SSSR count). The lowest BCUT2D eigenvalue weighted by molar-refractivity contribution is -0.420. The molecule has 0 aromatic rings. The average molecular weight is 156 g/mol. The van der Waals surface area contributed by atoms with Gasteiger partial charge in [-0.1, -0.05) is 6.58 Å². The number of hydrogen-bond donors (Lipinski definition) is 1. The lowest BCUT2D eigenvalue weighted by Gasteiger charge is -2.01. The molecule has 0 heterocycles. The van der Waals surface area contributed by atoms with E-state index in [1.54, 1.807) is 6.92 Å². The highest BCUT2D eigenvalue weighted by atomic mass is 16.6. The minimum absolute atomic E-state index is 0.0341. The molecule has 4 nitrogen and oxygen atoms in total. The third-order valence-corrected chi connectivity index (χ3v) is 1.22. The van der Waals surface area contributed by atoms with Crippen molar-refractivity contribution in [1.29, 1.82) is 0 Å². The molecule has 4 heteroatoms. The molecule has 0 saturated carbocycles. The summed E-state index contributed by atoms with van der Waals surface area (Å²) in [6.07, 6.45) is 1.23. The second kappa shape index (κ2) is 4.49. The van der Waals surface area contributed by atoms with Crippen LogP contribution in [0.5, 0.6) is 0 Å². The number of allylic oxidation sites excluding steroid dienone is 2. The molecule has 0 amide bonds. The van der Waals surface area contributed by atoms with Gasteiger partial charge in [-0.15, -0.1) is 0 Å². The molecule has 0 saturated heterocycles. The first-order chi connectivity index (χ1) is 5.13. The molecule has 0 aliphatic carbocycles. The van der Waals surface area contributed by atoms with Crippen molar-refractivity contribution in [1.82, 2.24) is 5.32 Å². The maximum atomic E-state index is 10.3. The van der Waals surface area contributed by atoms with Crippen molar-refractivity contribution in [2.75, 3.05) is 6.54 Å². The topological polar surface area (TPSA) is 55.2 Å². The van der Waals surface area contributed by atoms with Crippen LogP contribution in [0, 0.1) is 10.1 Å². The van der Waals surface area contributed by atoms with E-state index in [1.807, 2.05) is 6.92 Å². The maximum absolute atomic E-state index is 10.3. The number of nitrogens with zero attached hydrogens (tertiary/aromatic N) is 1. The Labute approximate surface area is 65.8 Å². The van der Waals surface area contributed by atoms with Crippen molar-refractivity contribution in [2.45, 2.75) is 13.8 Å². The Morgan fingerprint density at radius 3 is 2.64 bits per heavy atom. The van der Waals surface area contributed by atoms with Crippen LogP contribution >= 0.6 is 0 Å². The molecule has 0 aliphatic rings. The van der Waals surface area contributed by atoms with Crippen molar-refractivity contribution in [2.24, 2.45) is 0 Å². The van der Waals surface area contributed by atoms with E-state index in [0.29, 0.717) is 12.2 Å². The van der Waals surface area contributed by atoms with Crippen LogP contribution in [-0.4, -0.2) is 11.5 Å². The molecule has 1 N–H and O–H groups in total. The molecule has 0 spiro atoms. The van der Waals surface area contributed by atoms with E-state index in [4.69, 9.17) is 0 Å². The maximum Gasteiger partial charge on any atom is 0.287 e. The minimum Gasteiger partial charge on any atom is -0.383 e. The van der Waals surface area contributed by atoms with Gasteiger partial charge in [0, 0.05) is 12.6 Å². The molecule has 0 unspecified atom stereocenters. The number of nitro groups is 1. The highest BCUT2D eigenvalue weighted by Crippen LogP contribution is 2.01. The first-order valence-electron chi connectivity index (χ1n) is 3.35. The van der Waals surface area contributed by atoms with Gasteiger partial charge in [-0.25, -0.2) is 0 Å². The number of hydrogen-bond acceptors (Lipinski definition) is 3. The molecule has 0 aromatic heterocycles. The van der Waals surface area contributed by atoms with E-state index in [-0.39, 0.29) is 5.70 Å². The van der Waals surface area contributed by atoms with E-state index in [0.717, 1.165) is 0 Å². The smallest absolute Gasteiger partial charge is 0.287 e. The molecule has 0 atom stereocenters. The minimum atomic E-state index is -0.453. The van der Waals surface area contributed by atoms with Crippen molar-refractivity contribution in [3.05, 3.63) is 34.2 Å². The normalized spacial score (nSPS) is 11.8. The van der Waals surface area contributed by atoms with Gasteiger partial charge in [0.1, 0.15) is 0 Å². The van der Waals surface area contributed by atoms with Crippen LogP contribution in [0.25, 0.3) is 0 Å². The molecular formula is C7H12N2O2. The van der Waals surface area contributed by atoms with Gasteiger partial charge < -0.3 is 5.32 Å². The Morgan fingerprint density at radius 2 is 2.36 bits per heavy atom. The third kappa shape index (κ3) is 2.84. The van der Waals surface area contributed by atoms with E-state index < -0.39 is 4.92 Å². The summed E-state index contributed by atoms with van der Waals surface area (Å²) in [6.45, 7) is 7.56. The summed E-state index contributed by atoms with van der Waals surface area (Å²) in [4.78, 5) is 9.83. The molecule has 62 valence electrons. The molecule has 0 aromatic carbocycles. The number of rotatable bonds is 4. The quantitative estimate of drug-likeness (QED) is 0.379. The summed E-state index contributed by atoms with van der Waals surface area (Å²) >= 11 is 0. The van der Waals surface area contributed by atoms with Crippen molar-refractivity contribution >= 4 is 0 Å². The predicted molar refractivity (Wildman–Crippen MR) is 43.6 cm³/mol. The number of nitrogens with one attached hydrogen (secondary N) is 1. The van der Waals surface area contributed by atoms with Gasteiger partial charge in [-0.3, -0.25) is 10.1 Å². The van der Waals surface area contributed by atoms with Gasteiger partial charge in [-0.2, -0.15) is 0 Å². The molecule has 0 bridgehead atoms. The summed E-state index contributed by atoms with van der Waals surface area (Å²) in [5.41, 5.74) is 0.583. The van der Waals surface area contributed by atoms with Gasteiger partial charge in [0.2, 0.25) is 0 Å². The first-order valence-corrected chi connectivity index (χ1v) is 3.35. The van der Waals surface area contributed by atoms with E-state index >= 15 is 0 Å². The van der Waals surface area contributed by atoms with Gasteiger partial charge in [-0.05, 0) is 13.8 Å². The molecule has 11 heavy (non-hydrogen) atoms. The summed E-state index contributed by atoms with van der Waals surface area (Å²) in [6, 6.07) is 0. The zero-order valence-corrected chi connectivity index (χ0v) is 6.76. The van der Waals surface area contributed by atoms with Gasteiger partial charge >= 0.3 is 0 Å². The van der Waals surface area contributed by atoms with Crippen molar-refractivity contribution in [3.8, 4) is 0 Å². The average Bonchev–Trinajstić information content (AvgIpc) is 1.88. The summed E-state index contributed by atoms with van der Waals surface area (Å²) in [5.74, 6) is 0. The van der Waals surface area contributed by atoms with Crippen LogP contribution in [0.15, 0.2) is 24.0 Å². The summed E-state index contributed by atoms with van der Waals surface area (Å²) in [5, 5.41) is 13.1. The van der Waals surface area contributed by atoms with Gasteiger partial charge in [0.25, 0.3) is 5.70 Å². The van der Waals surface area contributed by atoms with E-state index in [1.165, 1.54) is 6.08 Å². The van der Waals surface area contributed by atoms with Gasteiger partial charge in [0.15, 0.2) is 0 Å². The fraction of sp³-hybridized carbons (Fsp3) is 0.429. The Bertz CT molecular complexity index is 197. The SMILES string of the molecule is C=C/C(=C(\C)NCC)[N+](=O)[O-]. The van der Waals surface area contributed by atoms with Crippen LogP contribution < -0.4 is 5.32 Å². The monoisotopic (exact) mass is 156 g/mol. The predicted octanol–water partition coefficient (Wildman–Crippen LogP) is 1.29. The lowest BCUT2D eigenvalue weighted by atomic mass is 10.3.